The van der Waals surface area contributed by atoms with Crippen molar-refractivity contribution in [3.8, 4) is 11.5 Å². The van der Waals surface area contributed by atoms with Crippen molar-refractivity contribution in [1.82, 2.24) is 4.31 Å². The van der Waals surface area contributed by atoms with Crippen LogP contribution in [-0.4, -0.2) is 60.4 Å². The van der Waals surface area contributed by atoms with Crippen LogP contribution in [0.3, 0.4) is 0 Å². The summed E-state index contributed by atoms with van der Waals surface area (Å²) in [5, 5.41) is 2.64. The minimum Gasteiger partial charge on any atom is -0.495 e. The number of benzene rings is 3. The molecule has 0 aliphatic carbocycles. The third-order valence-electron chi connectivity index (χ3n) is 6.20. The van der Waals surface area contributed by atoms with Crippen LogP contribution < -0.4 is 19.1 Å². The fourth-order valence-electron chi connectivity index (χ4n) is 4.25. The van der Waals surface area contributed by atoms with Crippen molar-refractivity contribution in [3.63, 3.8) is 0 Å². The highest BCUT2D eigenvalue weighted by Crippen LogP contribution is 2.31. The van der Waals surface area contributed by atoms with Crippen LogP contribution in [0, 0.1) is 0 Å². The van der Waals surface area contributed by atoms with E-state index < -0.39 is 32.5 Å². The molecule has 208 valence electrons. The van der Waals surface area contributed by atoms with Crippen molar-refractivity contribution in [2.24, 2.45) is 0 Å². The van der Waals surface area contributed by atoms with E-state index in [0.29, 0.717) is 25.4 Å². The van der Waals surface area contributed by atoms with Gasteiger partial charge >= 0.3 is 0 Å². The van der Waals surface area contributed by atoms with Crippen LogP contribution in [-0.2, 0) is 24.8 Å². The average Bonchev–Trinajstić information content (AvgIpc) is 3.49. The van der Waals surface area contributed by atoms with Crippen molar-refractivity contribution in [1.29, 1.82) is 0 Å². The van der Waals surface area contributed by atoms with Crippen LogP contribution in [0.5, 0.6) is 11.5 Å². The van der Waals surface area contributed by atoms with Gasteiger partial charge in [-0.05, 0) is 74.4 Å². The maximum Gasteiger partial charge on any atom is 0.264 e. The number of nitrogens with zero attached hydrogens (tertiary/aromatic N) is 2. The van der Waals surface area contributed by atoms with Gasteiger partial charge in [0.05, 0.1) is 34.9 Å². The van der Waals surface area contributed by atoms with Crippen LogP contribution in [0.4, 0.5) is 11.4 Å². The average molecular weight is 574 g/mol. The molecule has 0 atom stereocenters. The summed E-state index contributed by atoms with van der Waals surface area (Å²) in [7, 11) is -6.48. The number of hydrogen-bond acceptors (Lipinski definition) is 7. The van der Waals surface area contributed by atoms with E-state index in [0.717, 1.165) is 17.1 Å². The second-order valence-electron chi connectivity index (χ2n) is 8.77. The van der Waals surface area contributed by atoms with Crippen molar-refractivity contribution in [2.45, 2.75) is 29.6 Å². The summed E-state index contributed by atoms with van der Waals surface area (Å²) < 4.78 is 66.5. The fraction of sp³-hybridized carbons (Fsp3) is 0.296. The predicted molar refractivity (Wildman–Crippen MR) is 148 cm³/mol. The van der Waals surface area contributed by atoms with Crippen LogP contribution in [0.1, 0.15) is 19.8 Å². The highest BCUT2D eigenvalue weighted by Gasteiger charge is 2.30. The van der Waals surface area contributed by atoms with E-state index in [4.69, 9.17) is 9.47 Å². The third kappa shape index (κ3) is 6.35. The molecule has 10 nitrogen and oxygen atoms in total. The van der Waals surface area contributed by atoms with E-state index in [1.54, 1.807) is 42.5 Å². The second-order valence-corrected chi connectivity index (χ2v) is 12.6. The van der Waals surface area contributed by atoms with Crippen molar-refractivity contribution in [3.05, 3.63) is 72.8 Å². The molecule has 1 amide bonds. The molecule has 39 heavy (non-hydrogen) atoms. The van der Waals surface area contributed by atoms with Gasteiger partial charge < -0.3 is 14.8 Å². The molecule has 3 aromatic carbocycles. The lowest BCUT2D eigenvalue weighted by molar-refractivity contribution is -0.114. The quantitative estimate of drug-likeness (QED) is 0.371. The number of rotatable bonds is 11. The highest BCUT2D eigenvalue weighted by molar-refractivity contribution is 7.92. The molecule has 1 saturated heterocycles. The molecule has 12 heteroatoms. The van der Waals surface area contributed by atoms with Gasteiger partial charge in [0.25, 0.3) is 10.0 Å². The zero-order valence-corrected chi connectivity index (χ0v) is 23.4. The van der Waals surface area contributed by atoms with E-state index >= 15 is 0 Å². The first kappa shape index (κ1) is 28.4. The maximum absolute atomic E-state index is 13.6. The first-order valence-electron chi connectivity index (χ1n) is 12.5. The number of amides is 1. The van der Waals surface area contributed by atoms with Crippen LogP contribution in [0.15, 0.2) is 82.6 Å². The molecule has 0 bridgehead atoms. The summed E-state index contributed by atoms with van der Waals surface area (Å²) in [4.78, 5) is 13.3. The fourth-order valence-corrected chi connectivity index (χ4v) is 7.24. The lowest BCUT2D eigenvalue weighted by atomic mass is 10.2. The van der Waals surface area contributed by atoms with E-state index in [-0.39, 0.29) is 26.9 Å². The molecule has 1 aliphatic rings. The lowest BCUT2D eigenvalue weighted by Gasteiger charge is -2.24. The molecule has 0 unspecified atom stereocenters. The number of nitrogens with one attached hydrogen (secondary N) is 1. The molecule has 1 N–H and O–H groups in total. The van der Waals surface area contributed by atoms with Gasteiger partial charge in [-0.1, -0.05) is 18.2 Å². The summed E-state index contributed by atoms with van der Waals surface area (Å²) in [6, 6.07) is 18.4. The molecule has 1 fully saturated rings. The Kier molecular flexibility index (Phi) is 8.78. The van der Waals surface area contributed by atoms with E-state index in [1.807, 2.05) is 6.92 Å². The summed E-state index contributed by atoms with van der Waals surface area (Å²) in [5.41, 5.74) is 0.376. The Morgan fingerprint density at radius 1 is 0.923 bits per heavy atom. The first-order valence-corrected chi connectivity index (χ1v) is 15.3. The molecular weight excluding hydrogens is 542 g/mol. The van der Waals surface area contributed by atoms with Gasteiger partial charge in [0, 0.05) is 13.1 Å². The number of carbonyl (C=O) groups is 1. The van der Waals surface area contributed by atoms with Gasteiger partial charge in [0.1, 0.15) is 18.0 Å². The summed E-state index contributed by atoms with van der Waals surface area (Å²) in [6.07, 6.45) is 1.58. The standard InChI is InChI=1S/C27H31N3O7S2/c1-3-37-22-13-11-21(12-14-22)30(39(34,35)23-9-5-4-6-10-23)20-27(31)28-25-19-24(15-16-26(25)36-2)38(32,33)29-17-7-8-18-29/h4-6,9-16,19H,3,7-8,17-18,20H2,1-2H3,(H,28,31). The third-order valence-corrected chi connectivity index (χ3v) is 9.88. The van der Waals surface area contributed by atoms with Gasteiger partial charge in [-0.15, -0.1) is 0 Å². The van der Waals surface area contributed by atoms with Gasteiger partial charge in [-0.25, -0.2) is 16.8 Å². The zero-order valence-electron chi connectivity index (χ0n) is 21.7. The summed E-state index contributed by atoms with van der Waals surface area (Å²) in [6.45, 7) is 2.58. The number of sulfonamides is 2. The smallest absolute Gasteiger partial charge is 0.264 e. The van der Waals surface area contributed by atoms with Gasteiger partial charge in [-0.2, -0.15) is 4.31 Å². The van der Waals surface area contributed by atoms with Crippen molar-refractivity contribution >= 4 is 37.3 Å². The van der Waals surface area contributed by atoms with Crippen molar-refractivity contribution < 1.29 is 31.1 Å². The Bertz CT molecular complexity index is 1500. The maximum atomic E-state index is 13.6. The first-order chi connectivity index (χ1) is 18.7. The molecule has 1 aliphatic heterocycles. The molecular formula is C27H31N3O7S2. The molecule has 4 rings (SSSR count). The van der Waals surface area contributed by atoms with E-state index in [1.165, 1.54) is 41.7 Å². The molecule has 0 saturated carbocycles. The Labute approximate surface area is 229 Å². The van der Waals surface area contributed by atoms with Crippen LogP contribution >= 0.6 is 0 Å². The Hall–Kier alpha value is -3.61. The normalized spacial score (nSPS) is 14.1. The Morgan fingerprint density at radius 3 is 2.21 bits per heavy atom. The largest absolute Gasteiger partial charge is 0.495 e. The SMILES string of the molecule is CCOc1ccc(N(CC(=O)Nc2cc(S(=O)(=O)N3CCCC3)ccc2OC)S(=O)(=O)c2ccccc2)cc1. The van der Waals surface area contributed by atoms with Gasteiger partial charge in [0.15, 0.2) is 0 Å². The minimum atomic E-state index is -4.13. The number of ether oxygens (including phenoxy) is 2. The van der Waals surface area contributed by atoms with Gasteiger partial charge in [0.2, 0.25) is 15.9 Å². The minimum absolute atomic E-state index is 0.0146. The Morgan fingerprint density at radius 2 is 1.59 bits per heavy atom. The number of anilines is 2. The zero-order chi connectivity index (χ0) is 28.0. The molecule has 0 aromatic heterocycles. The predicted octanol–water partition coefficient (Wildman–Crippen LogP) is 3.71. The lowest BCUT2D eigenvalue weighted by Crippen LogP contribution is -2.38. The molecule has 3 aromatic rings. The van der Waals surface area contributed by atoms with Crippen LogP contribution in [0.25, 0.3) is 0 Å². The molecule has 1 heterocycles. The molecule has 0 spiro atoms. The molecule has 0 radical (unpaired) electrons. The van der Waals surface area contributed by atoms with Gasteiger partial charge in [-0.3, -0.25) is 9.10 Å². The topological polar surface area (TPSA) is 122 Å². The van der Waals surface area contributed by atoms with E-state index in [2.05, 4.69) is 5.32 Å². The number of hydrogen-bond donors (Lipinski definition) is 1. The highest BCUT2D eigenvalue weighted by atomic mass is 32.2. The summed E-state index contributed by atoms with van der Waals surface area (Å²) >= 11 is 0. The number of carbonyl (C=O) groups excluding carboxylic acids is 1. The summed E-state index contributed by atoms with van der Waals surface area (Å²) in [5.74, 6) is 0.114. The Balaban J connectivity index is 1.65. The monoisotopic (exact) mass is 573 g/mol. The van der Waals surface area contributed by atoms with Crippen LogP contribution in [0.2, 0.25) is 0 Å². The number of methoxy groups -OCH3 is 1. The van der Waals surface area contributed by atoms with Crippen molar-refractivity contribution in [2.75, 3.05) is 43.0 Å². The van der Waals surface area contributed by atoms with E-state index in [9.17, 15) is 21.6 Å². The second kappa shape index (κ2) is 12.1.